The van der Waals surface area contributed by atoms with Crippen molar-refractivity contribution in [2.45, 2.75) is 32.6 Å². The smallest absolute Gasteiger partial charge is 0.130 e. The van der Waals surface area contributed by atoms with E-state index in [1.165, 1.54) is 22.6 Å². The van der Waals surface area contributed by atoms with Crippen molar-refractivity contribution < 1.29 is 4.79 Å². The fraction of sp³-hybridized carbons (Fsp3) is 0.450. The number of nitrogens with zero attached hydrogens (tertiary/aromatic N) is 1. The van der Waals surface area contributed by atoms with Crippen molar-refractivity contribution in [2.24, 2.45) is 5.92 Å². The van der Waals surface area contributed by atoms with Crippen molar-refractivity contribution in [1.29, 1.82) is 0 Å². The van der Waals surface area contributed by atoms with E-state index in [2.05, 4.69) is 75.2 Å². The summed E-state index contributed by atoms with van der Waals surface area (Å²) in [7, 11) is 2.11. The zero-order chi connectivity index (χ0) is 16.2. The number of hydrogen-bond acceptors (Lipinski definition) is 2. The van der Waals surface area contributed by atoms with Gasteiger partial charge in [0.25, 0.3) is 0 Å². The minimum absolute atomic E-state index is 0.265. The first kappa shape index (κ1) is 16.7. The molecule has 0 saturated carbocycles. The minimum Gasteiger partial charge on any atom is -0.307 e. The number of aldehydes is 1. The molecule has 1 unspecified atom stereocenters. The quantitative estimate of drug-likeness (QED) is 0.711. The van der Waals surface area contributed by atoms with Crippen LogP contribution in [0.5, 0.6) is 0 Å². The lowest BCUT2D eigenvalue weighted by molar-refractivity contribution is -0.114. The third-order valence-corrected chi connectivity index (χ3v) is 4.98. The Labute approximate surface area is 134 Å². The van der Waals surface area contributed by atoms with E-state index in [0.29, 0.717) is 0 Å². The molecule has 0 bridgehead atoms. The molecular weight excluding hydrogens is 270 g/mol. The van der Waals surface area contributed by atoms with Crippen molar-refractivity contribution in [1.82, 2.24) is 4.90 Å². The molecule has 0 aliphatic rings. The van der Waals surface area contributed by atoms with Crippen LogP contribution in [0.25, 0.3) is 10.8 Å². The van der Waals surface area contributed by atoms with Crippen LogP contribution in [-0.2, 0) is 10.2 Å². The molecule has 2 heteroatoms. The predicted octanol–water partition coefficient (Wildman–Crippen LogP) is 4.27. The van der Waals surface area contributed by atoms with Crippen molar-refractivity contribution in [3.05, 3.63) is 48.0 Å². The Morgan fingerprint density at radius 3 is 2.45 bits per heavy atom. The number of carbonyl (C=O) groups excluding carboxylic acids is 1. The normalized spacial score (nSPS) is 14.5. The van der Waals surface area contributed by atoms with Crippen LogP contribution >= 0.6 is 0 Å². The number of rotatable bonds is 7. The monoisotopic (exact) mass is 297 g/mol. The Bertz CT molecular complexity index is 629. The van der Waals surface area contributed by atoms with E-state index in [0.717, 1.165) is 19.5 Å². The first-order chi connectivity index (χ1) is 10.5. The zero-order valence-electron chi connectivity index (χ0n) is 14.2. The number of hydrogen-bond donors (Lipinski definition) is 0. The predicted molar refractivity (Wildman–Crippen MR) is 94.3 cm³/mol. The molecule has 2 nitrogen and oxygen atoms in total. The summed E-state index contributed by atoms with van der Waals surface area (Å²) in [6.07, 6.45) is 2.04. The van der Waals surface area contributed by atoms with Crippen LogP contribution in [0.3, 0.4) is 0 Å². The van der Waals surface area contributed by atoms with E-state index >= 15 is 0 Å². The van der Waals surface area contributed by atoms with E-state index in [9.17, 15) is 4.79 Å². The molecule has 0 aliphatic heterocycles. The van der Waals surface area contributed by atoms with Gasteiger partial charge in [0, 0.05) is 0 Å². The average Bonchev–Trinajstić information content (AvgIpc) is 2.55. The van der Waals surface area contributed by atoms with Gasteiger partial charge in [-0.2, -0.15) is 0 Å². The van der Waals surface area contributed by atoms with Gasteiger partial charge in [0.15, 0.2) is 0 Å². The molecule has 2 aromatic rings. The SMILES string of the molecule is CCN(C)CCC(C=O)(c1cccc2ccccc12)C(C)C. The van der Waals surface area contributed by atoms with Gasteiger partial charge in [-0.15, -0.1) is 0 Å². The highest BCUT2D eigenvalue weighted by Gasteiger charge is 2.36. The van der Waals surface area contributed by atoms with E-state index in [1.54, 1.807) is 0 Å². The van der Waals surface area contributed by atoms with Crippen LogP contribution in [0.4, 0.5) is 0 Å². The van der Waals surface area contributed by atoms with Crippen molar-refractivity contribution in [3.63, 3.8) is 0 Å². The summed E-state index contributed by atoms with van der Waals surface area (Å²) in [6.45, 7) is 8.39. The second kappa shape index (κ2) is 7.06. The Balaban J connectivity index is 2.54. The Kier molecular flexibility index (Phi) is 5.36. The Hall–Kier alpha value is -1.67. The second-order valence-electron chi connectivity index (χ2n) is 6.49. The van der Waals surface area contributed by atoms with Gasteiger partial charge in [-0.05, 0) is 48.8 Å². The van der Waals surface area contributed by atoms with E-state index in [1.807, 2.05) is 0 Å². The lowest BCUT2D eigenvalue weighted by atomic mass is 9.69. The van der Waals surface area contributed by atoms with Gasteiger partial charge in [0.2, 0.25) is 0 Å². The van der Waals surface area contributed by atoms with Gasteiger partial charge in [-0.25, -0.2) is 0 Å². The van der Waals surface area contributed by atoms with Gasteiger partial charge < -0.3 is 9.69 Å². The number of carbonyl (C=O) groups is 1. The van der Waals surface area contributed by atoms with Gasteiger partial charge in [-0.1, -0.05) is 63.2 Å². The molecule has 22 heavy (non-hydrogen) atoms. The van der Waals surface area contributed by atoms with Gasteiger partial charge in [0.1, 0.15) is 6.29 Å². The van der Waals surface area contributed by atoms with Gasteiger partial charge in [0.05, 0.1) is 5.41 Å². The minimum atomic E-state index is -0.426. The van der Waals surface area contributed by atoms with Gasteiger partial charge >= 0.3 is 0 Å². The number of fused-ring (bicyclic) bond motifs is 1. The Morgan fingerprint density at radius 2 is 1.82 bits per heavy atom. The highest BCUT2D eigenvalue weighted by atomic mass is 16.1. The van der Waals surface area contributed by atoms with E-state index in [4.69, 9.17) is 0 Å². The summed E-state index contributed by atoms with van der Waals surface area (Å²) in [5.74, 6) is 0.265. The highest BCUT2D eigenvalue weighted by molar-refractivity contribution is 5.90. The molecule has 0 radical (unpaired) electrons. The molecule has 2 aromatic carbocycles. The highest BCUT2D eigenvalue weighted by Crippen LogP contribution is 2.38. The molecule has 0 spiro atoms. The fourth-order valence-electron chi connectivity index (χ4n) is 3.16. The molecule has 0 N–H and O–H groups in total. The molecule has 0 aliphatic carbocycles. The molecule has 0 aromatic heterocycles. The standard InChI is InChI=1S/C20H27NO/c1-5-21(4)14-13-20(15-22,16(2)3)19-12-8-10-17-9-6-7-11-18(17)19/h6-12,15-16H,5,13-14H2,1-4H3. The summed E-state index contributed by atoms with van der Waals surface area (Å²) >= 11 is 0. The lowest BCUT2D eigenvalue weighted by Gasteiger charge is -2.35. The lowest BCUT2D eigenvalue weighted by Crippen LogP contribution is -2.38. The summed E-state index contributed by atoms with van der Waals surface area (Å²) in [5.41, 5.74) is 0.740. The molecule has 1 atom stereocenters. The third-order valence-electron chi connectivity index (χ3n) is 4.98. The summed E-state index contributed by atoms with van der Waals surface area (Å²) in [4.78, 5) is 14.5. The third kappa shape index (κ3) is 3.07. The van der Waals surface area contributed by atoms with Crippen molar-refractivity contribution >= 4 is 17.1 Å². The van der Waals surface area contributed by atoms with Crippen LogP contribution in [0, 0.1) is 5.92 Å². The second-order valence-corrected chi connectivity index (χ2v) is 6.49. The molecule has 2 rings (SSSR count). The van der Waals surface area contributed by atoms with Crippen LogP contribution in [0.15, 0.2) is 42.5 Å². The average molecular weight is 297 g/mol. The largest absolute Gasteiger partial charge is 0.307 e. The summed E-state index contributed by atoms with van der Waals surface area (Å²) in [6, 6.07) is 14.7. The Morgan fingerprint density at radius 1 is 1.14 bits per heavy atom. The summed E-state index contributed by atoms with van der Waals surface area (Å²) in [5, 5.41) is 2.40. The molecular formula is C20H27NO. The maximum absolute atomic E-state index is 12.2. The molecule has 0 saturated heterocycles. The maximum Gasteiger partial charge on any atom is 0.130 e. The van der Waals surface area contributed by atoms with Crippen LogP contribution in [0.1, 0.15) is 32.8 Å². The molecule has 0 amide bonds. The topological polar surface area (TPSA) is 20.3 Å². The van der Waals surface area contributed by atoms with Crippen LogP contribution < -0.4 is 0 Å². The fourth-order valence-corrected chi connectivity index (χ4v) is 3.16. The van der Waals surface area contributed by atoms with Gasteiger partial charge in [-0.3, -0.25) is 0 Å². The van der Waals surface area contributed by atoms with E-state index < -0.39 is 5.41 Å². The van der Waals surface area contributed by atoms with Crippen molar-refractivity contribution in [2.75, 3.05) is 20.1 Å². The first-order valence-electron chi connectivity index (χ1n) is 8.18. The van der Waals surface area contributed by atoms with Crippen molar-refractivity contribution in [3.8, 4) is 0 Å². The van der Waals surface area contributed by atoms with Crippen LogP contribution in [-0.4, -0.2) is 31.3 Å². The summed E-state index contributed by atoms with van der Waals surface area (Å²) < 4.78 is 0. The number of benzene rings is 2. The zero-order valence-corrected chi connectivity index (χ0v) is 14.2. The first-order valence-corrected chi connectivity index (χ1v) is 8.18. The molecule has 0 heterocycles. The molecule has 0 fully saturated rings. The van der Waals surface area contributed by atoms with Crippen LogP contribution in [0.2, 0.25) is 0 Å². The maximum atomic E-state index is 12.2. The molecule has 118 valence electrons. The van der Waals surface area contributed by atoms with E-state index in [-0.39, 0.29) is 5.92 Å².